The highest BCUT2D eigenvalue weighted by Crippen LogP contribution is 2.18. The molecule has 0 saturated carbocycles. The van der Waals surface area contributed by atoms with Gasteiger partial charge in [0.05, 0.1) is 0 Å². The Bertz CT molecular complexity index is 453. The summed E-state index contributed by atoms with van der Waals surface area (Å²) in [5, 5.41) is 0. The normalized spacial score (nSPS) is 12.0. The zero-order chi connectivity index (χ0) is 18.3. The molecule has 1 unspecified atom stereocenters. The minimum Gasteiger partial charge on any atom is -0.455 e. The fourth-order valence-electron chi connectivity index (χ4n) is 2.89. The molecule has 0 amide bonds. The van der Waals surface area contributed by atoms with E-state index in [1.54, 1.807) is 0 Å². The first kappa shape index (κ1) is 21.5. The van der Waals surface area contributed by atoms with Crippen LogP contribution in [0.25, 0.3) is 0 Å². The van der Waals surface area contributed by atoms with Crippen molar-refractivity contribution in [2.45, 2.75) is 97.7 Å². The third-order valence-corrected chi connectivity index (χ3v) is 4.38. The summed E-state index contributed by atoms with van der Waals surface area (Å²) in [4.78, 5) is 11.3. The van der Waals surface area contributed by atoms with Crippen LogP contribution in [0.15, 0.2) is 24.3 Å². The van der Waals surface area contributed by atoms with E-state index in [4.69, 9.17) is 9.47 Å². The average Bonchev–Trinajstić information content (AvgIpc) is 2.58. The Balaban J connectivity index is 2.16. The molecule has 1 aromatic rings. The van der Waals surface area contributed by atoms with E-state index in [2.05, 4.69) is 6.92 Å². The van der Waals surface area contributed by atoms with Crippen LogP contribution in [0.3, 0.4) is 0 Å². The van der Waals surface area contributed by atoms with Crippen molar-refractivity contribution in [2.75, 3.05) is 0 Å². The van der Waals surface area contributed by atoms with Gasteiger partial charge in [-0.2, -0.15) is 0 Å². The van der Waals surface area contributed by atoms with Crippen molar-refractivity contribution < 1.29 is 14.3 Å². The smallest absolute Gasteiger partial charge is 0.305 e. The number of hydrogen-bond acceptors (Lipinski definition) is 3. The maximum Gasteiger partial charge on any atom is 0.305 e. The standard InChI is InChI=1S/C22H36O3/c1-4-5-6-7-8-9-10-11-12-13-14-22(24-20(3)23)25-21-17-15-19(2)16-18-21/h15-18,22H,4-14H2,1-3H3. The largest absolute Gasteiger partial charge is 0.455 e. The molecule has 0 heterocycles. The van der Waals surface area contributed by atoms with Crippen LogP contribution in [0.4, 0.5) is 0 Å². The van der Waals surface area contributed by atoms with Gasteiger partial charge < -0.3 is 9.47 Å². The predicted molar refractivity (Wildman–Crippen MR) is 104 cm³/mol. The summed E-state index contributed by atoms with van der Waals surface area (Å²) >= 11 is 0. The number of unbranched alkanes of at least 4 members (excludes halogenated alkanes) is 9. The highest BCUT2D eigenvalue weighted by atomic mass is 16.7. The lowest BCUT2D eigenvalue weighted by atomic mass is 10.1. The molecule has 1 aromatic carbocycles. The Hall–Kier alpha value is -1.51. The SMILES string of the molecule is CCCCCCCCCCCCC(OC(C)=O)Oc1ccc(C)cc1. The molecule has 3 nitrogen and oxygen atoms in total. The Morgan fingerprint density at radius 3 is 1.92 bits per heavy atom. The van der Waals surface area contributed by atoms with Crippen LogP contribution in [0.5, 0.6) is 5.75 Å². The fourth-order valence-corrected chi connectivity index (χ4v) is 2.89. The van der Waals surface area contributed by atoms with Gasteiger partial charge in [0, 0.05) is 13.3 Å². The second-order valence-electron chi connectivity index (χ2n) is 6.94. The van der Waals surface area contributed by atoms with Gasteiger partial charge in [0.15, 0.2) is 0 Å². The van der Waals surface area contributed by atoms with E-state index in [0.29, 0.717) is 0 Å². The zero-order valence-electron chi connectivity index (χ0n) is 16.4. The van der Waals surface area contributed by atoms with E-state index < -0.39 is 6.29 Å². The summed E-state index contributed by atoms with van der Waals surface area (Å²) in [6.45, 7) is 5.73. The Labute approximate surface area is 154 Å². The summed E-state index contributed by atoms with van der Waals surface area (Å²) in [5.74, 6) is 0.466. The van der Waals surface area contributed by atoms with Gasteiger partial charge in [0.25, 0.3) is 0 Å². The average molecular weight is 349 g/mol. The monoisotopic (exact) mass is 348 g/mol. The van der Waals surface area contributed by atoms with Crippen molar-refractivity contribution in [1.29, 1.82) is 0 Å². The lowest BCUT2D eigenvalue weighted by Gasteiger charge is -2.18. The molecular formula is C22H36O3. The van der Waals surface area contributed by atoms with Crippen molar-refractivity contribution in [3.05, 3.63) is 29.8 Å². The lowest BCUT2D eigenvalue weighted by molar-refractivity contribution is -0.161. The Kier molecular flexibility index (Phi) is 11.8. The minimum atomic E-state index is -0.478. The van der Waals surface area contributed by atoms with Crippen LogP contribution in [0.1, 0.15) is 90.0 Å². The second-order valence-corrected chi connectivity index (χ2v) is 6.94. The predicted octanol–water partition coefficient (Wildman–Crippen LogP) is 6.57. The fraction of sp³-hybridized carbons (Fsp3) is 0.682. The van der Waals surface area contributed by atoms with E-state index in [1.165, 1.54) is 70.3 Å². The first-order valence-corrected chi connectivity index (χ1v) is 10.0. The van der Waals surface area contributed by atoms with Crippen molar-refractivity contribution in [3.63, 3.8) is 0 Å². The summed E-state index contributed by atoms with van der Waals surface area (Å²) < 4.78 is 11.1. The van der Waals surface area contributed by atoms with E-state index in [-0.39, 0.29) is 5.97 Å². The highest BCUT2D eigenvalue weighted by Gasteiger charge is 2.13. The zero-order valence-corrected chi connectivity index (χ0v) is 16.4. The van der Waals surface area contributed by atoms with Crippen molar-refractivity contribution in [2.24, 2.45) is 0 Å². The second kappa shape index (κ2) is 13.7. The molecule has 142 valence electrons. The number of esters is 1. The van der Waals surface area contributed by atoms with Crippen molar-refractivity contribution in [3.8, 4) is 5.75 Å². The number of carbonyl (C=O) groups is 1. The summed E-state index contributed by atoms with van der Waals surface area (Å²) in [6.07, 6.45) is 13.2. The van der Waals surface area contributed by atoms with Gasteiger partial charge in [-0.3, -0.25) is 4.79 Å². The number of carbonyl (C=O) groups excluding carboxylic acids is 1. The number of hydrogen-bond donors (Lipinski definition) is 0. The molecule has 1 atom stereocenters. The van der Waals surface area contributed by atoms with Crippen molar-refractivity contribution in [1.82, 2.24) is 0 Å². The van der Waals surface area contributed by atoms with E-state index in [1.807, 2.05) is 31.2 Å². The minimum absolute atomic E-state index is 0.288. The first-order valence-electron chi connectivity index (χ1n) is 10.0. The van der Waals surface area contributed by atoms with Gasteiger partial charge in [0.1, 0.15) is 5.75 Å². The maximum atomic E-state index is 11.3. The third kappa shape index (κ3) is 11.6. The molecule has 0 aromatic heterocycles. The van der Waals surface area contributed by atoms with Gasteiger partial charge in [0.2, 0.25) is 6.29 Å². The van der Waals surface area contributed by atoms with Crippen LogP contribution < -0.4 is 4.74 Å². The number of ether oxygens (including phenoxy) is 2. The molecule has 0 spiro atoms. The van der Waals surface area contributed by atoms with Gasteiger partial charge in [-0.25, -0.2) is 0 Å². The molecule has 1 rings (SSSR count). The number of rotatable bonds is 14. The molecule has 0 N–H and O–H groups in total. The maximum absolute atomic E-state index is 11.3. The Morgan fingerprint density at radius 2 is 1.40 bits per heavy atom. The lowest BCUT2D eigenvalue weighted by Crippen LogP contribution is -2.23. The molecule has 0 aliphatic heterocycles. The quantitative estimate of drug-likeness (QED) is 0.216. The van der Waals surface area contributed by atoms with Gasteiger partial charge in [-0.15, -0.1) is 0 Å². The van der Waals surface area contributed by atoms with Gasteiger partial charge >= 0.3 is 5.97 Å². The van der Waals surface area contributed by atoms with Crippen LogP contribution in [-0.4, -0.2) is 12.3 Å². The van der Waals surface area contributed by atoms with Crippen molar-refractivity contribution >= 4 is 5.97 Å². The first-order chi connectivity index (χ1) is 12.1. The van der Waals surface area contributed by atoms with Gasteiger partial charge in [-0.1, -0.05) is 82.4 Å². The molecule has 0 fully saturated rings. The van der Waals surface area contributed by atoms with Crippen LogP contribution in [0.2, 0.25) is 0 Å². The molecule has 0 saturated heterocycles. The number of benzene rings is 1. The van der Waals surface area contributed by atoms with Crippen LogP contribution >= 0.6 is 0 Å². The molecule has 25 heavy (non-hydrogen) atoms. The molecular weight excluding hydrogens is 312 g/mol. The summed E-state index contributed by atoms with van der Waals surface area (Å²) in [5.41, 5.74) is 1.19. The number of aryl methyl sites for hydroxylation is 1. The third-order valence-electron chi connectivity index (χ3n) is 4.38. The molecule has 0 aliphatic rings. The molecule has 0 aliphatic carbocycles. The van der Waals surface area contributed by atoms with E-state index in [9.17, 15) is 4.79 Å². The highest BCUT2D eigenvalue weighted by molar-refractivity contribution is 5.66. The van der Waals surface area contributed by atoms with Crippen LogP contribution in [0, 0.1) is 6.92 Å². The van der Waals surface area contributed by atoms with E-state index in [0.717, 1.165) is 18.6 Å². The summed E-state index contributed by atoms with van der Waals surface area (Å²) in [7, 11) is 0. The molecule has 0 bridgehead atoms. The Morgan fingerprint density at radius 1 is 0.880 bits per heavy atom. The molecule has 0 radical (unpaired) electrons. The molecule has 3 heteroatoms. The van der Waals surface area contributed by atoms with Crippen LogP contribution in [-0.2, 0) is 9.53 Å². The van der Waals surface area contributed by atoms with E-state index >= 15 is 0 Å². The summed E-state index contributed by atoms with van der Waals surface area (Å²) in [6, 6.07) is 7.84. The van der Waals surface area contributed by atoms with Gasteiger partial charge in [-0.05, 0) is 25.5 Å². The topological polar surface area (TPSA) is 35.5 Å².